The smallest absolute Gasteiger partial charge is 0.413 e. The van der Waals surface area contributed by atoms with E-state index in [0.717, 1.165) is 22.0 Å². The number of hydrogen-bond acceptors (Lipinski definition) is 5. The number of rotatable bonds is 5. The van der Waals surface area contributed by atoms with E-state index >= 15 is 0 Å². The molecule has 0 saturated carbocycles. The Hall–Kier alpha value is -3.52. The van der Waals surface area contributed by atoms with Gasteiger partial charge in [0.15, 0.2) is 0 Å². The lowest BCUT2D eigenvalue weighted by Crippen LogP contribution is -2.15. The van der Waals surface area contributed by atoms with E-state index in [1.54, 1.807) is 41.7 Å². The van der Waals surface area contributed by atoms with E-state index < -0.39 is 6.09 Å². The minimum Gasteiger partial charge on any atom is -0.496 e. The minimum absolute atomic E-state index is 0.133. The van der Waals surface area contributed by atoms with Crippen LogP contribution in [0, 0.1) is 0 Å². The highest BCUT2D eigenvalue weighted by Gasteiger charge is 2.14. The van der Waals surface area contributed by atoms with E-state index in [-0.39, 0.29) is 6.61 Å². The number of amides is 1. The predicted molar refractivity (Wildman–Crippen MR) is 115 cm³/mol. The summed E-state index contributed by atoms with van der Waals surface area (Å²) in [6, 6.07) is 12.8. The maximum Gasteiger partial charge on any atom is 0.413 e. The molecule has 0 aliphatic rings. The van der Waals surface area contributed by atoms with Crippen molar-refractivity contribution in [3.63, 3.8) is 0 Å². The number of ether oxygens (including phenoxy) is 2. The first-order valence-corrected chi connectivity index (χ1v) is 9.55. The summed E-state index contributed by atoms with van der Waals surface area (Å²) in [7, 11) is 5.17. The number of methoxy groups -OCH3 is 1. The normalized spacial score (nSPS) is 10.9. The molecule has 0 spiro atoms. The first kappa shape index (κ1) is 19.8. The molecule has 8 nitrogen and oxygen atoms in total. The molecule has 0 aliphatic heterocycles. The van der Waals surface area contributed by atoms with E-state index in [4.69, 9.17) is 21.1 Å². The maximum atomic E-state index is 12.3. The van der Waals surface area contributed by atoms with E-state index in [2.05, 4.69) is 15.5 Å². The molecule has 1 N–H and O–H groups in total. The molecular weight excluding hydrogens is 406 g/mol. The van der Waals surface area contributed by atoms with Crippen molar-refractivity contribution in [3.05, 3.63) is 59.2 Å². The zero-order valence-corrected chi connectivity index (χ0v) is 17.5. The summed E-state index contributed by atoms with van der Waals surface area (Å²) >= 11 is 6.02. The van der Waals surface area contributed by atoms with Gasteiger partial charge in [0.1, 0.15) is 18.2 Å². The lowest BCUT2D eigenvalue weighted by atomic mass is 10.1. The summed E-state index contributed by atoms with van der Waals surface area (Å²) in [5.41, 5.74) is 3.12. The van der Waals surface area contributed by atoms with Crippen LogP contribution in [0.25, 0.3) is 22.2 Å². The van der Waals surface area contributed by atoms with Gasteiger partial charge in [-0.15, -0.1) is 0 Å². The second-order valence-electron chi connectivity index (χ2n) is 6.78. The first-order valence-electron chi connectivity index (χ1n) is 9.17. The number of carbonyl (C=O) groups is 1. The van der Waals surface area contributed by atoms with Gasteiger partial charge >= 0.3 is 6.09 Å². The SMILES string of the molecule is COc1cc(Cl)ccc1-c1cc(NC(=O)OCc2ccc3cn(C)nc3c2)n(C)n1. The summed E-state index contributed by atoms with van der Waals surface area (Å²) in [5.74, 6) is 1.09. The van der Waals surface area contributed by atoms with Crippen LogP contribution in [-0.2, 0) is 25.4 Å². The van der Waals surface area contributed by atoms with Gasteiger partial charge in [-0.2, -0.15) is 10.2 Å². The number of carbonyl (C=O) groups excluding carboxylic acids is 1. The molecule has 0 saturated heterocycles. The van der Waals surface area contributed by atoms with Crippen molar-refractivity contribution in [2.75, 3.05) is 12.4 Å². The summed E-state index contributed by atoms with van der Waals surface area (Å²) in [5, 5.41) is 13.1. The fourth-order valence-corrected chi connectivity index (χ4v) is 3.32. The Bertz CT molecular complexity index is 1230. The molecule has 0 unspecified atom stereocenters. The number of aromatic nitrogens is 4. The van der Waals surface area contributed by atoms with E-state index in [9.17, 15) is 4.79 Å². The Kier molecular flexibility index (Phi) is 5.33. The van der Waals surface area contributed by atoms with Crippen LogP contribution in [0.3, 0.4) is 0 Å². The van der Waals surface area contributed by atoms with Crippen molar-refractivity contribution in [1.29, 1.82) is 0 Å². The number of benzene rings is 2. The third-order valence-electron chi connectivity index (χ3n) is 4.61. The van der Waals surface area contributed by atoms with Gasteiger partial charge in [-0.25, -0.2) is 4.79 Å². The lowest BCUT2D eigenvalue weighted by molar-refractivity contribution is 0.155. The predicted octanol–water partition coefficient (Wildman–Crippen LogP) is 4.38. The molecule has 0 radical (unpaired) electrons. The Morgan fingerprint density at radius 3 is 2.77 bits per heavy atom. The molecule has 1 amide bonds. The molecule has 2 heterocycles. The molecule has 0 atom stereocenters. The highest BCUT2D eigenvalue weighted by atomic mass is 35.5. The van der Waals surface area contributed by atoms with Crippen LogP contribution in [0.5, 0.6) is 5.75 Å². The molecule has 0 aliphatic carbocycles. The Morgan fingerprint density at radius 1 is 1.13 bits per heavy atom. The molecular formula is C21H20ClN5O3. The molecule has 2 aromatic carbocycles. The van der Waals surface area contributed by atoms with Gasteiger partial charge in [0, 0.05) is 42.3 Å². The van der Waals surface area contributed by atoms with Crippen molar-refractivity contribution >= 4 is 34.4 Å². The summed E-state index contributed by atoms with van der Waals surface area (Å²) in [6.45, 7) is 0.133. The van der Waals surface area contributed by atoms with Crippen molar-refractivity contribution in [1.82, 2.24) is 19.6 Å². The van der Waals surface area contributed by atoms with Gasteiger partial charge in [0.25, 0.3) is 0 Å². The minimum atomic E-state index is -0.575. The monoisotopic (exact) mass is 425 g/mol. The highest BCUT2D eigenvalue weighted by molar-refractivity contribution is 6.30. The topological polar surface area (TPSA) is 83.2 Å². The lowest BCUT2D eigenvalue weighted by Gasteiger charge is -2.07. The molecule has 0 bridgehead atoms. The van der Waals surface area contributed by atoms with E-state index in [1.165, 1.54) is 0 Å². The van der Waals surface area contributed by atoms with Crippen molar-refractivity contribution in [2.24, 2.45) is 14.1 Å². The summed E-state index contributed by atoms with van der Waals surface area (Å²) in [4.78, 5) is 12.3. The maximum absolute atomic E-state index is 12.3. The zero-order chi connectivity index (χ0) is 21.3. The average molecular weight is 426 g/mol. The molecule has 0 fully saturated rings. The van der Waals surface area contributed by atoms with Gasteiger partial charge < -0.3 is 9.47 Å². The van der Waals surface area contributed by atoms with Crippen LogP contribution < -0.4 is 10.1 Å². The molecule has 4 aromatic rings. The standard InChI is InChI=1S/C21H20ClN5O3/c1-26-11-14-5-4-13(8-17(14)24-26)12-30-21(28)23-20-10-18(25-27(20)2)16-7-6-15(22)9-19(16)29-3/h4-11H,12H2,1-3H3,(H,23,28). The van der Waals surface area contributed by atoms with Gasteiger partial charge in [0.05, 0.1) is 18.3 Å². The zero-order valence-electron chi connectivity index (χ0n) is 16.7. The Morgan fingerprint density at radius 2 is 1.97 bits per heavy atom. The van der Waals surface area contributed by atoms with Gasteiger partial charge in [0.2, 0.25) is 0 Å². The molecule has 4 rings (SSSR count). The first-order chi connectivity index (χ1) is 14.4. The molecule has 30 heavy (non-hydrogen) atoms. The van der Waals surface area contributed by atoms with Crippen LogP contribution in [0.15, 0.2) is 48.7 Å². The number of anilines is 1. The fraction of sp³-hybridized carbons (Fsp3) is 0.190. The second-order valence-corrected chi connectivity index (χ2v) is 7.22. The van der Waals surface area contributed by atoms with Crippen LogP contribution in [0.1, 0.15) is 5.56 Å². The molecule has 2 aromatic heterocycles. The van der Waals surface area contributed by atoms with Gasteiger partial charge in [-0.3, -0.25) is 14.7 Å². The third kappa shape index (κ3) is 4.08. The van der Waals surface area contributed by atoms with Crippen molar-refractivity contribution in [2.45, 2.75) is 6.61 Å². The van der Waals surface area contributed by atoms with Crippen molar-refractivity contribution in [3.8, 4) is 17.0 Å². The summed E-state index contributed by atoms with van der Waals surface area (Å²) in [6.07, 6.45) is 1.36. The van der Waals surface area contributed by atoms with E-state index in [0.29, 0.717) is 22.3 Å². The average Bonchev–Trinajstić information content (AvgIpc) is 3.27. The molecule has 9 heteroatoms. The Labute approximate surface area is 178 Å². The van der Waals surface area contributed by atoms with Crippen LogP contribution in [-0.4, -0.2) is 32.8 Å². The number of nitrogens with zero attached hydrogens (tertiary/aromatic N) is 4. The fourth-order valence-electron chi connectivity index (χ4n) is 3.16. The number of fused-ring (bicyclic) bond motifs is 1. The summed E-state index contributed by atoms with van der Waals surface area (Å²) < 4.78 is 14.0. The quantitative estimate of drug-likeness (QED) is 0.513. The molecule has 154 valence electrons. The van der Waals surface area contributed by atoms with Gasteiger partial charge in [-0.1, -0.05) is 23.7 Å². The largest absolute Gasteiger partial charge is 0.496 e. The number of hydrogen-bond donors (Lipinski definition) is 1. The van der Waals surface area contributed by atoms with Crippen LogP contribution in [0.2, 0.25) is 5.02 Å². The highest BCUT2D eigenvalue weighted by Crippen LogP contribution is 2.32. The Balaban J connectivity index is 1.44. The van der Waals surface area contributed by atoms with E-state index in [1.807, 2.05) is 37.5 Å². The van der Waals surface area contributed by atoms with Crippen LogP contribution in [0.4, 0.5) is 10.6 Å². The number of nitrogens with one attached hydrogen (secondary N) is 1. The van der Waals surface area contributed by atoms with Crippen LogP contribution >= 0.6 is 11.6 Å². The number of halogens is 1. The van der Waals surface area contributed by atoms with Gasteiger partial charge in [-0.05, 0) is 29.8 Å². The number of aryl methyl sites for hydroxylation is 2. The third-order valence-corrected chi connectivity index (χ3v) is 4.84. The second kappa shape index (κ2) is 8.08. The van der Waals surface area contributed by atoms with Crippen molar-refractivity contribution < 1.29 is 14.3 Å².